The van der Waals surface area contributed by atoms with E-state index in [1.54, 1.807) is 0 Å². The summed E-state index contributed by atoms with van der Waals surface area (Å²) < 4.78 is 17.7. The fourth-order valence-electron chi connectivity index (χ4n) is 1.29. The fourth-order valence-corrected chi connectivity index (χ4v) is 1.29. The molecule has 1 aromatic heterocycles. The second-order valence-electron chi connectivity index (χ2n) is 3.45. The quantitative estimate of drug-likeness (QED) is 0.904. The number of nitrogens with one attached hydrogen (secondary N) is 1. The van der Waals surface area contributed by atoms with Crippen molar-refractivity contribution in [2.45, 2.75) is 6.61 Å². The zero-order valence-corrected chi connectivity index (χ0v) is 9.34. The number of carbonyl (C=O) groups excluding carboxylic acids is 1. The van der Waals surface area contributed by atoms with Crippen LogP contribution in [0.4, 0.5) is 14.9 Å². The average molecular weight is 247 g/mol. The molecule has 0 aliphatic heterocycles. The summed E-state index contributed by atoms with van der Waals surface area (Å²) in [4.78, 5) is 11.4. The van der Waals surface area contributed by atoms with Crippen LogP contribution in [0.25, 0.3) is 0 Å². The molecule has 0 spiro atoms. The number of rotatable bonds is 3. The molecule has 1 heterocycles. The second kappa shape index (κ2) is 5.72. The SMILES string of the molecule is O=C(Nc1cnnc(F)c1)OCc1ccccc1. The lowest BCUT2D eigenvalue weighted by atomic mass is 10.2. The first-order chi connectivity index (χ1) is 8.74. The van der Waals surface area contributed by atoms with Crippen molar-refractivity contribution in [2.24, 2.45) is 0 Å². The Hall–Kier alpha value is -2.50. The van der Waals surface area contributed by atoms with Gasteiger partial charge in [-0.05, 0) is 5.56 Å². The Morgan fingerprint density at radius 2 is 2.11 bits per heavy atom. The van der Waals surface area contributed by atoms with Gasteiger partial charge in [0.25, 0.3) is 0 Å². The highest BCUT2D eigenvalue weighted by Crippen LogP contribution is 2.06. The lowest BCUT2D eigenvalue weighted by Gasteiger charge is -2.06. The van der Waals surface area contributed by atoms with Crippen LogP contribution in [0, 0.1) is 5.95 Å². The first kappa shape index (κ1) is 12.0. The maximum Gasteiger partial charge on any atom is 0.412 e. The molecule has 0 atom stereocenters. The van der Waals surface area contributed by atoms with Crippen molar-refractivity contribution < 1.29 is 13.9 Å². The summed E-state index contributed by atoms with van der Waals surface area (Å²) in [5, 5.41) is 8.84. The second-order valence-corrected chi connectivity index (χ2v) is 3.45. The third kappa shape index (κ3) is 3.51. The van der Waals surface area contributed by atoms with Gasteiger partial charge in [0.1, 0.15) is 6.61 Å². The number of hydrogen-bond acceptors (Lipinski definition) is 4. The van der Waals surface area contributed by atoms with Gasteiger partial charge in [-0.25, -0.2) is 4.79 Å². The summed E-state index contributed by atoms with van der Waals surface area (Å²) in [6, 6.07) is 10.3. The van der Waals surface area contributed by atoms with Gasteiger partial charge in [-0.15, -0.1) is 5.10 Å². The minimum absolute atomic E-state index is 0.146. The van der Waals surface area contributed by atoms with E-state index in [1.165, 1.54) is 6.20 Å². The monoisotopic (exact) mass is 247 g/mol. The summed E-state index contributed by atoms with van der Waals surface area (Å²) >= 11 is 0. The van der Waals surface area contributed by atoms with E-state index in [-0.39, 0.29) is 12.3 Å². The molecule has 0 aliphatic rings. The molecule has 18 heavy (non-hydrogen) atoms. The van der Waals surface area contributed by atoms with Gasteiger partial charge < -0.3 is 4.74 Å². The molecular formula is C12H10FN3O2. The van der Waals surface area contributed by atoms with Crippen molar-refractivity contribution in [2.75, 3.05) is 5.32 Å². The number of halogens is 1. The van der Waals surface area contributed by atoms with Gasteiger partial charge in [0.05, 0.1) is 11.9 Å². The highest BCUT2D eigenvalue weighted by Gasteiger charge is 2.05. The van der Waals surface area contributed by atoms with Gasteiger partial charge in [0, 0.05) is 6.07 Å². The van der Waals surface area contributed by atoms with Crippen LogP contribution in [0.2, 0.25) is 0 Å². The number of ether oxygens (including phenoxy) is 1. The molecule has 0 bridgehead atoms. The summed E-state index contributed by atoms with van der Waals surface area (Å²) in [6.45, 7) is 0.146. The van der Waals surface area contributed by atoms with E-state index in [0.29, 0.717) is 0 Å². The van der Waals surface area contributed by atoms with Gasteiger partial charge in [0.2, 0.25) is 5.95 Å². The van der Waals surface area contributed by atoms with E-state index >= 15 is 0 Å². The van der Waals surface area contributed by atoms with Crippen molar-refractivity contribution in [3.8, 4) is 0 Å². The van der Waals surface area contributed by atoms with Crippen molar-refractivity contribution in [3.05, 3.63) is 54.1 Å². The van der Waals surface area contributed by atoms with E-state index in [1.807, 2.05) is 30.3 Å². The maximum absolute atomic E-state index is 12.7. The van der Waals surface area contributed by atoms with Crippen LogP contribution in [-0.2, 0) is 11.3 Å². The van der Waals surface area contributed by atoms with Gasteiger partial charge in [-0.1, -0.05) is 30.3 Å². The summed E-state index contributed by atoms with van der Waals surface area (Å²) in [5.41, 5.74) is 1.06. The Balaban J connectivity index is 1.86. The van der Waals surface area contributed by atoms with E-state index in [4.69, 9.17) is 4.74 Å². The third-order valence-electron chi connectivity index (χ3n) is 2.08. The Morgan fingerprint density at radius 3 is 2.83 bits per heavy atom. The van der Waals surface area contributed by atoms with Gasteiger partial charge in [-0.2, -0.15) is 9.49 Å². The summed E-state index contributed by atoms with van der Waals surface area (Å²) in [6.07, 6.45) is 0.554. The highest BCUT2D eigenvalue weighted by atomic mass is 19.1. The lowest BCUT2D eigenvalue weighted by Crippen LogP contribution is -2.14. The van der Waals surface area contributed by atoms with E-state index in [9.17, 15) is 9.18 Å². The normalized spacial score (nSPS) is 9.83. The molecule has 92 valence electrons. The van der Waals surface area contributed by atoms with Crippen LogP contribution in [0.1, 0.15) is 5.56 Å². The molecule has 5 nitrogen and oxygen atoms in total. The average Bonchev–Trinajstić information content (AvgIpc) is 2.38. The molecule has 1 amide bonds. The Kier molecular flexibility index (Phi) is 3.80. The molecule has 1 N–H and O–H groups in total. The standard InChI is InChI=1S/C12H10FN3O2/c13-11-6-10(7-14-16-11)15-12(17)18-8-9-4-2-1-3-5-9/h1-7H,8H2,(H,15,16,17). The molecule has 0 radical (unpaired) electrons. The van der Waals surface area contributed by atoms with E-state index in [0.717, 1.165) is 11.6 Å². The Bertz CT molecular complexity index is 534. The predicted molar refractivity (Wildman–Crippen MR) is 62.2 cm³/mol. The molecule has 1 aromatic carbocycles. The number of nitrogens with zero attached hydrogens (tertiary/aromatic N) is 2. The van der Waals surface area contributed by atoms with Gasteiger partial charge in [0.15, 0.2) is 0 Å². The molecule has 2 rings (SSSR count). The number of benzene rings is 1. The zero-order valence-electron chi connectivity index (χ0n) is 9.34. The largest absolute Gasteiger partial charge is 0.444 e. The number of anilines is 1. The van der Waals surface area contributed by atoms with Crippen molar-refractivity contribution in [3.63, 3.8) is 0 Å². The maximum atomic E-state index is 12.7. The van der Waals surface area contributed by atoms with Crippen LogP contribution < -0.4 is 5.32 Å². The topological polar surface area (TPSA) is 64.1 Å². The molecule has 0 saturated heterocycles. The van der Waals surface area contributed by atoms with E-state index < -0.39 is 12.0 Å². The molecular weight excluding hydrogens is 237 g/mol. The predicted octanol–water partition coefficient (Wildman–Crippen LogP) is 2.36. The van der Waals surface area contributed by atoms with Crippen molar-refractivity contribution in [1.82, 2.24) is 10.2 Å². The molecule has 6 heteroatoms. The summed E-state index contributed by atoms with van der Waals surface area (Å²) in [7, 11) is 0. The molecule has 0 unspecified atom stereocenters. The van der Waals surface area contributed by atoms with Crippen LogP contribution in [-0.4, -0.2) is 16.3 Å². The minimum atomic E-state index is -0.768. The number of amides is 1. The first-order valence-corrected chi connectivity index (χ1v) is 5.20. The number of aromatic nitrogens is 2. The smallest absolute Gasteiger partial charge is 0.412 e. The lowest BCUT2D eigenvalue weighted by molar-refractivity contribution is 0.155. The van der Waals surface area contributed by atoms with Gasteiger partial charge in [-0.3, -0.25) is 5.32 Å². The first-order valence-electron chi connectivity index (χ1n) is 5.20. The fraction of sp³-hybridized carbons (Fsp3) is 0.0833. The third-order valence-corrected chi connectivity index (χ3v) is 2.08. The molecule has 0 saturated carbocycles. The van der Waals surface area contributed by atoms with Crippen LogP contribution >= 0.6 is 0 Å². The minimum Gasteiger partial charge on any atom is -0.444 e. The van der Waals surface area contributed by atoms with Crippen LogP contribution in [0.5, 0.6) is 0 Å². The van der Waals surface area contributed by atoms with E-state index in [2.05, 4.69) is 15.5 Å². The molecule has 0 aliphatic carbocycles. The number of hydrogen-bond donors (Lipinski definition) is 1. The highest BCUT2D eigenvalue weighted by molar-refractivity contribution is 5.84. The van der Waals surface area contributed by atoms with Gasteiger partial charge >= 0.3 is 6.09 Å². The van der Waals surface area contributed by atoms with Crippen LogP contribution in [0.3, 0.4) is 0 Å². The summed E-state index contributed by atoms with van der Waals surface area (Å²) in [5.74, 6) is -0.768. The molecule has 2 aromatic rings. The van der Waals surface area contributed by atoms with Crippen LogP contribution in [0.15, 0.2) is 42.6 Å². The Morgan fingerprint density at radius 1 is 1.33 bits per heavy atom. The Labute approximate surface area is 103 Å². The van der Waals surface area contributed by atoms with Crippen molar-refractivity contribution in [1.29, 1.82) is 0 Å². The number of carbonyl (C=O) groups is 1. The molecule has 0 fully saturated rings. The van der Waals surface area contributed by atoms with Crippen molar-refractivity contribution >= 4 is 11.8 Å². The zero-order chi connectivity index (χ0) is 12.8.